The summed E-state index contributed by atoms with van der Waals surface area (Å²) in [5, 5.41) is 10.6. The average Bonchev–Trinajstić information content (AvgIpc) is 2.28. The SMILES string of the molecule is Cc1cc(Oc2cncc(Br)c2)ncc1[N+](=O)[O-]. The average molecular weight is 310 g/mol. The molecule has 92 valence electrons. The van der Waals surface area contributed by atoms with Crippen molar-refractivity contribution in [1.82, 2.24) is 9.97 Å². The number of halogens is 1. The normalized spacial score (nSPS) is 10.1. The van der Waals surface area contributed by atoms with Crippen LogP contribution < -0.4 is 4.74 Å². The number of aryl methyl sites for hydroxylation is 1. The molecule has 6 nitrogen and oxygen atoms in total. The van der Waals surface area contributed by atoms with E-state index < -0.39 is 4.92 Å². The third kappa shape index (κ3) is 2.80. The van der Waals surface area contributed by atoms with E-state index in [1.54, 1.807) is 19.2 Å². The molecule has 0 aliphatic carbocycles. The zero-order chi connectivity index (χ0) is 13.1. The highest BCUT2D eigenvalue weighted by Crippen LogP contribution is 2.25. The van der Waals surface area contributed by atoms with Gasteiger partial charge in [-0.2, -0.15) is 0 Å². The zero-order valence-corrected chi connectivity index (χ0v) is 10.9. The smallest absolute Gasteiger partial charge is 0.290 e. The lowest BCUT2D eigenvalue weighted by Crippen LogP contribution is -1.95. The van der Waals surface area contributed by atoms with Crippen LogP contribution in [0, 0.1) is 17.0 Å². The summed E-state index contributed by atoms with van der Waals surface area (Å²) in [6.07, 6.45) is 4.33. The maximum atomic E-state index is 10.6. The standard InChI is InChI=1S/C11H8BrN3O3/c1-7-2-11(14-6-10(7)15(16)17)18-9-3-8(12)4-13-5-9/h2-6H,1H3. The molecule has 0 spiro atoms. The summed E-state index contributed by atoms with van der Waals surface area (Å²) < 4.78 is 6.23. The molecule has 0 aliphatic rings. The predicted octanol–water partition coefficient (Wildman–Crippen LogP) is 3.25. The molecule has 2 aromatic heterocycles. The number of nitro groups is 1. The Morgan fingerprint density at radius 3 is 2.72 bits per heavy atom. The summed E-state index contributed by atoms with van der Waals surface area (Å²) in [6, 6.07) is 3.24. The van der Waals surface area contributed by atoms with Crippen molar-refractivity contribution in [3.63, 3.8) is 0 Å². The minimum absolute atomic E-state index is 0.0327. The number of nitrogens with zero attached hydrogens (tertiary/aromatic N) is 3. The van der Waals surface area contributed by atoms with E-state index in [4.69, 9.17) is 4.74 Å². The van der Waals surface area contributed by atoms with Crippen LogP contribution in [0.5, 0.6) is 11.6 Å². The van der Waals surface area contributed by atoms with Crippen LogP contribution in [-0.2, 0) is 0 Å². The lowest BCUT2D eigenvalue weighted by molar-refractivity contribution is -0.385. The van der Waals surface area contributed by atoms with Crippen molar-refractivity contribution in [1.29, 1.82) is 0 Å². The number of hydrogen-bond acceptors (Lipinski definition) is 5. The summed E-state index contributed by atoms with van der Waals surface area (Å²) in [5.41, 5.74) is 0.461. The van der Waals surface area contributed by atoms with Gasteiger partial charge in [0, 0.05) is 22.3 Å². The van der Waals surface area contributed by atoms with Crippen LogP contribution in [0.3, 0.4) is 0 Å². The quantitative estimate of drug-likeness (QED) is 0.642. The molecular formula is C11H8BrN3O3. The van der Waals surface area contributed by atoms with E-state index >= 15 is 0 Å². The maximum absolute atomic E-state index is 10.6. The molecule has 0 aliphatic heterocycles. The van der Waals surface area contributed by atoms with Crippen LogP contribution >= 0.6 is 15.9 Å². The Labute approximate surface area is 111 Å². The minimum atomic E-state index is -0.479. The molecule has 2 heterocycles. The van der Waals surface area contributed by atoms with Crippen LogP contribution in [0.4, 0.5) is 5.69 Å². The van der Waals surface area contributed by atoms with Gasteiger partial charge in [0.15, 0.2) is 0 Å². The fourth-order valence-corrected chi connectivity index (χ4v) is 1.68. The summed E-state index contributed by atoms with van der Waals surface area (Å²) in [6.45, 7) is 1.63. The highest BCUT2D eigenvalue weighted by atomic mass is 79.9. The highest BCUT2D eigenvalue weighted by molar-refractivity contribution is 9.10. The number of pyridine rings is 2. The Morgan fingerprint density at radius 2 is 2.11 bits per heavy atom. The van der Waals surface area contributed by atoms with Gasteiger partial charge in [0.05, 0.1) is 11.1 Å². The molecule has 0 saturated carbocycles. The highest BCUT2D eigenvalue weighted by Gasteiger charge is 2.12. The largest absolute Gasteiger partial charge is 0.437 e. The van der Waals surface area contributed by atoms with Gasteiger partial charge in [-0.25, -0.2) is 4.98 Å². The molecule has 7 heteroatoms. The van der Waals surface area contributed by atoms with Crippen LogP contribution in [0.15, 0.2) is 35.2 Å². The molecule has 0 atom stereocenters. The molecule has 0 unspecified atom stereocenters. The van der Waals surface area contributed by atoms with Crippen molar-refractivity contribution in [2.45, 2.75) is 6.92 Å². The van der Waals surface area contributed by atoms with Gasteiger partial charge >= 0.3 is 0 Å². The zero-order valence-electron chi connectivity index (χ0n) is 9.33. The first-order valence-corrected chi connectivity index (χ1v) is 5.75. The van der Waals surface area contributed by atoms with Crippen LogP contribution in [0.25, 0.3) is 0 Å². The van der Waals surface area contributed by atoms with E-state index in [9.17, 15) is 10.1 Å². The van der Waals surface area contributed by atoms with E-state index in [0.717, 1.165) is 4.47 Å². The molecular weight excluding hydrogens is 302 g/mol. The third-order valence-electron chi connectivity index (χ3n) is 2.16. The minimum Gasteiger partial charge on any atom is -0.437 e. The Morgan fingerprint density at radius 1 is 1.33 bits per heavy atom. The van der Waals surface area contributed by atoms with Gasteiger partial charge in [-0.15, -0.1) is 0 Å². The van der Waals surface area contributed by atoms with E-state index in [1.165, 1.54) is 18.5 Å². The Hall–Kier alpha value is -2.02. The van der Waals surface area contributed by atoms with Gasteiger partial charge in [-0.3, -0.25) is 15.1 Å². The van der Waals surface area contributed by atoms with Gasteiger partial charge in [-0.05, 0) is 28.9 Å². The van der Waals surface area contributed by atoms with Crippen molar-refractivity contribution in [3.8, 4) is 11.6 Å². The summed E-state index contributed by atoms with van der Waals surface area (Å²) in [4.78, 5) is 18.0. The van der Waals surface area contributed by atoms with E-state index in [1.807, 2.05) is 0 Å². The molecule has 2 rings (SSSR count). The first-order valence-electron chi connectivity index (χ1n) is 4.95. The van der Waals surface area contributed by atoms with Crippen molar-refractivity contribution < 1.29 is 9.66 Å². The number of ether oxygens (including phenoxy) is 1. The van der Waals surface area contributed by atoms with Crippen LogP contribution in [0.1, 0.15) is 5.56 Å². The summed E-state index contributed by atoms with van der Waals surface area (Å²) in [7, 11) is 0. The second-order valence-corrected chi connectivity index (χ2v) is 4.42. The molecule has 0 radical (unpaired) electrons. The first-order chi connectivity index (χ1) is 8.56. The van der Waals surface area contributed by atoms with Gasteiger partial charge in [0.1, 0.15) is 11.9 Å². The van der Waals surface area contributed by atoms with Gasteiger partial charge in [-0.1, -0.05) is 0 Å². The van der Waals surface area contributed by atoms with Crippen LogP contribution in [0.2, 0.25) is 0 Å². The van der Waals surface area contributed by atoms with Gasteiger partial charge in [0.2, 0.25) is 5.88 Å². The van der Waals surface area contributed by atoms with Crippen molar-refractivity contribution in [3.05, 3.63) is 50.9 Å². The Balaban J connectivity index is 2.25. The fraction of sp³-hybridized carbons (Fsp3) is 0.0909. The lowest BCUT2D eigenvalue weighted by atomic mass is 10.2. The van der Waals surface area contributed by atoms with E-state index in [-0.39, 0.29) is 11.6 Å². The van der Waals surface area contributed by atoms with Crippen molar-refractivity contribution >= 4 is 21.6 Å². The molecule has 0 N–H and O–H groups in total. The van der Waals surface area contributed by atoms with Gasteiger partial charge < -0.3 is 4.74 Å². The molecule has 2 aromatic rings. The van der Waals surface area contributed by atoms with Crippen molar-refractivity contribution in [2.75, 3.05) is 0 Å². The second kappa shape index (κ2) is 5.09. The number of hydrogen-bond donors (Lipinski definition) is 0. The first kappa shape index (κ1) is 12.4. The molecule has 0 aromatic carbocycles. The topological polar surface area (TPSA) is 78.2 Å². The maximum Gasteiger partial charge on any atom is 0.290 e. The monoisotopic (exact) mass is 309 g/mol. The van der Waals surface area contributed by atoms with E-state index in [2.05, 4.69) is 25.9 Å². The van der Waals surface area contributed by atoms with Gasteiger partial charge in [0.25, 0.3) is 5.69 Å². The second-order valence-electron chi connectivity index (χ2n) is 3.51. The fourth-order valence-electron chi connectivity index (χ4n) is 1.34. The Kier molecular flexibility index (Phi) is 3.52. The van der Waals surface area contributed by atoms with E-state index in [0.29, 0.717) is 11.3 Å². The lowest BCUT2D eigenvalue weighted by Gasteiger charge is -2.05. The third-order valence-corrected chi connectivity index (χ3v) is 2.59. The number of rotatable bonds is 3. The summed E-state index contributed by atoms with van der Waals surface area (Å²) >= 11 is 3.27. The molecule has 18 heavy (non-hydrogen) atoms. The molecule has 0 bridgehead atoms. The van der Waals surface area contributed by atoms with Crippen molar-refractivity contribution in [2.24, 2.45) is 0 Å². The van der Waals surface area contributed by atoms with Crippen LogP contribution in [-0.4, -0.2) is 14.9 Å². The summed E-state index contributed by atoms with van der Waals surface area (Å²) in [5.74, 6) is 0.795. The molecule has 0 saturated heterocycles. The Bertz CT molecular complexity index is 604. The molecule has 0 fully saturated rings. The predicted molar refractivity (Wildman–Crippen MR) is 67.6 cm³/mol. The number of aromatic nitrogens is 2. The molecule has 0 amide bonds.